The van der Waals surface area contributed by atoms with Crippen molar-refractivity contribution in [1.82, 2.24) is 15.0 Å². The molecule has 1 aliphatic heterocycles. The average Bonchev–Trinajstić information content (AvgIpc) is 3.10. The number of aryl methyl sites for hydroxylation is 3. The molecule has 0 radical (unpaired) electrons. The molecule has 0 saturated carbocycles. The molecule has 0 atom stereocenters. The predicted octanol–water partition coefficient (Wildman–Crippen LogP) is 3.44. The lowest BCUT2D eigenvalue weighted by Gasteiger charge is -2.36. The van der Waals surface area contributed by atoms with Crippen molar-refractivity contribution in [3.05, 3.63) is 40.8 Å². The molecule has 2 aromatic heterocycles. The minimum atomic E-state index is 0.733. The highest BCUT2D eigenvalue weighted by Gasteiger charge is 2.26. The molecule has 1 saturated heterocycles. The highest BCUT2D eigenvalue weighted by molar-refractivity contribution is 5.75. The Hall–Kier alpha value is -2.63. The van der Waals surface area contributed by atoms with Gasteiger partial charge in [-0.05, 0) is 57.2 Å². The molecule has 1 fully saturated rings. The van der Waals surface area contributed by atoms with E-state index in [1.807, 2.05) is 13.0 Å². The van der Waals surface area contributed by atoms with Crippen molar-refractivity contribution >= 4 is 22.9 Å². The van der Waals surface area contributed by atoms with Crippen LogP contribution in [0, 0.1) is 13.8 Å². The van der Waals surface area contributed by atoms with E-state index in [1.54, 1.807) is 0 Å². The fraction of sp³-hybridized carbons (Fsp3) is 0.476. The van der Waals surface area contributed by atoms with Gasteiger partial charge in [-0.1, -0.05) is 6.07 Å². The van der Waals surface area contributed by atoms with Crippen LogP contribution in [-0.4, -0.2) is 41.1 Å². The minimum absolute atomic E-state index is 0.733. The van der Waals surface area contributed by atoms with E-state index in [0.29, 0.717) is 0 Å². The molecule has 140 valence electrons. The summed E-state index contributed by atoms with van der Waals surface area (Å²) in [5.74, 6) is 2.05. The zero-order valence-electron chi connectivity index (χ0n) is 16.0. The number of hydrogen-bond donors (Lipinski definition) is 0. The van der Waals surface area contributed by atoms with Crippen LogP contribution in [0.3, 0.4) is 0 Å². The number of oxazole rings is 1. The average molecular weight is 363 g/mol. The quantitative estimate of drug-likeness (QED) is 0.695. The molecule has 2 aliphatic rings. The van der Waals surface area contributed by atoms with Crippen LogP contribution < -0.4 is 9.80 Å². The normalized spacial score (nSPS) is 17.4. The van der Waals surface area contributed by atoms with Crippen LogP contribution >= 0.6 is 0 Å². The summed E-state index contributed by atoms with van der Waals surface area (Å²) in [4.78, 5) is 18.9. The number of piperazine rings is 1. The highest BCUT2D eigenvalue weighted by Crippen LogP contribution is 2.30. The van der Waals surface area contributed by atoms with Crippen LogP contribution in [0.2, 0.25) is 0 Å². The third-order valence-corrected chi connectivity index (χ3v) is 5.65. The SMILES string of the molecule is Cc1ccc2oc(N3CCN(c4nc(C)nc5c4CCCC5)CC3)nc2c1. The summed E-state index contributed by atoms with van der Waals surface area (Å²) in [5, 5.41) is 0. The molecule has 6 nitrogen and oxygen atoms in total. The Morgan fingerprint density at radius 1 is 0.889 bits per heavy atom. The van der Waals surface area contributed by atoms with E-state index in [2.05, 4.69) is 33.8 Å². The van der Waals surface area contributed by atoms with E-state index in [4.69, 9.17) is 14.4 Å². The molecular weight excluding hydrogens is 338 g/mol. The van der Waals surface area contributed by atoms with E-state index in [0.717, 1.165) is 67.8 Å². The van der Waals surface area contributed by atoms with E-state index in [-0.39, 0.29) is 0 Å². The van der Waals surface area contributed by atoms with Gasteiger partial charge in [0.15, 0.2) is 5.58 Å². The van der Waals surface area contributed by atoms with Gasteiger partial charge in [-0.2, -0.15) is 4.98 Å². The Labute approximate surface area is 159 Å². The van der Waals surface area contributed by atoms with Gasteiger partial charge in [0.2, 0.25) is 0 Å². The molecule has 3 heterocycles. The van der Waals surface area contributed by atoms with Crippen molar-refractivity contribution in [2.24, 2.45) is 0 Å². The Balaban J connectivity index is 1.36. The zero-order chi connectivity index (χ0) is 18.4. The number of benzene rings is 1. The first-order chi connectivity index (χ1) is 13.2. The fourth-order valence-corrected chi connectivity index (χ4v) is 4.23. The topological polar surface area (TPSA) is 58.3 Å². The fourth-order valence-electron chi connectivity index (χ4n) is 4.23. The number of anilines is 2. The number of rotatable bonds is 2. The van der Waals surface area contributed by atoms with Crippen molar-refractivity contribution in [2.75, 3.05) is 36.0 Å². The molecule has 0 unspecified atom stereocenters. The maximum Gasteiger partial charge on any atom is 0.298 e. The van der Waals surface area contributed by atoms with Gasteiger partial charge in [-0.25, -0.2) is 9.97 Å². The zero-order valence-corrected chi connectivity index (χ0v) is 16.0. The Morgan fingerprint density at radius 2 is 1.67 bits per heavy atom. The number of hydrogen-bond acceptors (Lipinski definition) is 6. The summed E-state index contributed by atoms with van der Waals surface area (Å²) < 4.78 is 5.98. The number of fused-ring (bicyclic) bond motifs is 2. The Morgan fingerprint density at radius 3 is 2.52 bits per heavy atom. The van der Waals surface area contributed by atoms with Gasteiger partial charge in [0, 0.05) is 37.4 Å². The monoisotopic (exact) mass is 363 g/mol. The van der Waals surface area contributed by atoms with E-state index < -0.39 is 0 Å². The Kier molecular flexibility index (Phi) is 3.99. The first kappa shape index (κ1) is 16.5. The van der Waals surface area contributed by atoms with Gasteiger partial charge in [-0.3, -0.25) is 0 Å². The second kappa shape index (κ2) is 6.51. The van der Waals surface area contributed by atoms with Crippen molar-refractivity contribution in [3.8, 4) is 0 Å². The number of aromatic nitrogens is 3. The largest absolute Gasteiger partial charge is 0.423 e. The second-order valence-corrected chi connectivity index (χ2v) is 7.67. The lowest BCUT2D eigenvalue weighted by molar-refractivity contribution is 0.538. The molecule has 0 N–H and O–H groups in total. The van der Waals surface area contributed by atoms with Crippen LogP contribution in [0.25, 0.3) is 11.1 Å². The molecule has 1 aromatic carbocycles. The van der Waals surface area contributed by atoms with Crippen LogP contribution in [0.1, 0.15) is 35.5 Å². The number of nitrogens with zero attached hydrogens (tertiary/aromatic N) is 5. The standard InChI is InChI=1S/C21H25N5O/c1-14-7-8-19-18(13-14)24-21(27-19)26-11-9-25(10-12-26)20-16-5-3-4-6-17(16)22-15(2)23-20/h7-8,13H,3-6,9-12H2,1-2H3. The molecule has 1 aliphatic carbocycles. The van der Waals surface area contributed by atoms with Crippen LogP contribution in [0.4, 0.5) is 11.8 Å². The summed E-state index contributed by atoms with van der Waals surface area (Å²) >= 11 is 0. The summed E-state index contributed by atoms with van der Waals surface area (Å²) in [7, 11) is 0. The molecular formula is C21H25N5O. The Bertz CT molecular complexity index is 988. The van der Waals surface area contributed by atoms with Gasteiger partial charge in [-0.15, -0.1) is 0 Å². The molecule has 0 amide bonds. The van der Waals surface area contributed by atoms with Crippen molar-refractivity contribution in [3.63, 3.8) is 0 Å². The van der Waals surface area contributed by atoms with E-state index >= 15 is 0 Å². The summed E-state index contributed by atoms with van der Waals surface area (Å²) in [5.41, 5.74) is 5.64. The highest BCUT2D eigenvalue weighted by atomic mass is 16.4. The molecule has 6 heteroatoms. The van der Waals surface area contributed by atoms with Crippen molar-refractivity contribution in [1.29, 1.82) is 0 Å². The predicted molar refractivity (Wildman–Crippen MR) is 107 cm³/mol. The summed E-state index contributed by atoms with van der Waals surface area (Å²) in [6, 6.07) is 6.88. The van der Waals surface area contributed by atoms with Gasteiger partial charge < -0.3 is 14.2 Å². The first-order valence-electron chi connectivity index (χ1n) is 9.91. The van der Waals surface area contributed by atoms with Gasteiger partial charge in [0.05, 0.1) is 0 Å². The second-order valence-electron chi connectivity index (χ2n) is 7.67. The first-order valence-corrected chi connectivity index (χ1v) is 9.91. The maximum atomic E-state index is 5.98. The lowest BCUT2D eigenvalue weighted by Crippen LogP contribution is -2.47. The van der Waals surface area contributed by atoms with Crippen LogP contribution in [-0.2, 0) is 12.8 Å². The third-order valence-electron chi connectivity index (χ3n) is 5.65. The van der Waals surface area contributed by atoms with Gasteiger partial charge in [0.25, 0.3) is 6.01 Å². The van der Waals surface area contributed by atoms with Crippen molar-refractivity contribution in [2.45, 2.75) is 39.5 Å². The lowest BCUT2D eigenvalue weighted by atomic mass is 9.96. The molecule has 0 bridgehead atoms. The third kappa shape index (κ3) is 3.03. The summed E-state index contributed by atoms with van der Waals surface area (Å²) in [6.07, 6.45) is 4.69. The van der Waals surface area contributed by atoms with E-state index in [9.17, 15) is 0 Å². The molecule has 5 rings (SSSR count). The molecule has 0 spiro atoms. The minimum Gasteiger partial charge on any atom is -0.423 e. The van der Waals surface area contributed by atoms with Crippen molar-refractivity contribution < 1.29 is 4.42 Å². The van der Waals surface area contributed by atoms with Crippen LogP contribution in [0.5, 0.6) is 0 Å². The maximum absolute atomic E-state index is 5.98. The van der Waals surface area contributed by atoms with Gasteiger partial charge in [0.1, 0.15) is 17.2 Å². The molecule has 27 heavy (non-hydrogen) atoms. The van der Waals surface area contributed by atoms with E-state index in [1.165, 1.54) is 29.7 Å². The smallest absolute Gasteiger partial charge is 0.298 e. The van der Waals surface area contributed by atoms with Gasteiger partial charge >= 0.3 is 0 Å². The molecule has 3 aromatic rings. The van der Waals surface area contributed by atoms with Crippen LogP contribution in [0.15, 0.2) is 22.6 Å². The summed E-state index contributed by atoms with van der Waals surface area (Å²) in [6.45, 7) is 7.74.